The van der Waals surface area contributed by atoms with Gasteiger partial charge in [0.25, 0.3) is 0 Å². The summed E-state index contributed by atoms with van der Waals surface area (Å²) >= 11 is 3.48. The molecule has 2 heteroatoms. The number of carbonyl (C=O) groups excluding carboxylic acids is 1. The fourth-order valence-corrected chi connectivity index (χ4v) is 2.21. The molecule has 0 saturated carbocycles. The zero-order chi connectivity index (χ0) is 10.7. The van der Waals surface area contributed by atoms with Crippen molar-refractivity contribution in [2.75, 3.05) is 0 Å². The molecule has 1 nitrogen and oxygen atoms in total. The molecule has 1 unspecified atom stereocenters. The smallest absolute Gasteiger partial charge is 0.120 e. The summed E-state index contributed by atoms with van der Waals surface area (Å²) in [6.07, 6.45) is 1.58. The molecule has 1 aromatic rings. The van der Waals surface area contributed by atoms with Gasteiger partial charge in [0.2, 0.25) is 0 Å². The Kier molecular flexibility index (Phi) is 3.87. The maximum absolute atomic E-state index is 10.5. The van der Waals surface area contributed by atoms with E-state index in [9.17, 15) is 4.79 Å². The molecule has 0 aliphatic heterocycles. The summed E-state index contributed by atoms with van der Waals surface area (Å²) in [6, 6.07) is 4.21. The highest BCUT2D eigenvalue weighted by molar-refractivity contribution is 9.10. The molecule has 0 saturated heterocycles. The molecule has 76 valence electrons. The van der Waals surface area contributed by atoms with Crippen LogP contribution in [0.4, 0.5) is 0 Å². The topological polar surface area (TPSA) is 17.1 Å². The second-order valence-electron chi connectivity index (χ2n) is 3.74. The van der Waals surface area contributed by atoms with Crippen molar-refractivity contribution in [3.63, 3.8) is 0 Å². The number of hydrogen-bond acceptors (Lipinski definition) is 1. The normalized spacial score (nSPS) is 12.6. The van der Waals surface area contributed by atoms with Crippen molar-refractivity contribution < 1.29 is 4.79 Å². The van der Waals surface area contributed by atoms with E-state index in [0.717, 1.165) is 10.8 Å². The van der Waals surface area contributed by atoms with Crippen LogP contribution in [0.25, 0.3) is 0 Å². The summed E-state index contributed by atoms with van der Waals surface area (Å²) in [5.41, 5.74) is 3.83. The van der Waals surface area contributed by atoms with Gasteiger partial charge in [0, 0.05) is 10.9 Å². The molecule has 0 aliphatic rings. The maximum Gasteiger partial charge on any atom is 0.120 e. The second kappa shape index (κ2) is 4.74. The van der Waals surface area contributed by atoms with Crippen molar-refractivity contribution in [1.82, 2.24) is 0 Å². The molecule has 0 fully saturated rings. The third kappa shape index (κ3) is 2.44. The zero-order valence-corrected chi connectivity index (χ0v) is 10.4. The van der Waals surface area contributed by atoms with Crippen LogP contribution >= 0.6 is 15.9 Å². The Bertz CT molecular complexity index is 344. The number of rotatable bonds is 3. The Labute approximate surface area is 93.7 Å². The summed E-state index contributed by atoms with van der Waals surface area (Å²) in [5.74, 6) is 0.309. The van der Waals surface area contributed by atoms with E-state index in [1.807, 2.05) is 0 Å². The molecule has 0 radical (unpaired) electrons. The van der Waals surface area contributed by atoms with Crippen LogP contribution in [0.2, 0.25) is 0 Å². The van der Waals surface area contributed by atoms with E-state index in [-0.39, 0.29) is 0 Å². The number of aldehydes is 1. The molecule has 0 spiro atoms. The molecular formula is C12H15BrO. The number of benzene rings is 1. The molecule has 1 rings (SSSR count). The van der Waals surface area contributed by atoms with Crippen LogP contribution in [0.3, 0.4) is 0 Å². The van der Waals surface area contributed by atoms with Gasteiger partial charge in [-0.3, -0.25) is 0 Å². The third-order valence-electron chi connectivity index (χ3n) is 2.65. The van der Waals surface area contributed by atoms with Gasteiger partial charge < -0.3 is 4.79 Å². The Morgan fingerprint density at radius 1 is 1.43 bits per heavy atom. The fourth-order valence-electron chi connectivity index (χ4n) is 1.62. The van der Waals surface area contributed by atoms with E-state index in [1.54, 1.807) is 0 Å². The Morgan fingerprint density at radius 3 is 2.64 bits per heavy atom. The molecule has 0 amide bonds. The minimum Gasteiger partial charge on any atom is -0.303 e. The minimum atomic E-state index is 0.309. The average Bonchev–Trinajstić information content (AvgIpc) is 2.11. The average molecular weight is 255 g/mol. The third-order valence-corrected chi connectivity index (χ3v) is 3.11. The van der Waals surface area contributed by atoms with Gasteiger partial charge >= 0.3 is 0 Å². The SMILES string of the molecule is Cc1cc(Br)cc(C(C)CC=O)c1C. The van der Waals surface area contributed by atoms with Crippen molar-refractivity contribution in [2.45, 2.75) is 33.1 Å². The molecule has 0 bridgehead atoms. The standard InChI is InChI=1S/C12H15BrO/c1-8(4-5-14)12-7-11(13)6-9(2)10(12)3/h5-8H,4H2,1-3H3. The predicted octanol–water partition coefficient (Wildman–Crippen LogP) is 3.76. The van der Waals surface area contributed by atoms with E-state index in [0.29, 0.717) is 12.3 Å². The molecule has 1 atom stereocenters. The van der Waals surface area contributed by atoms with Crippen LogP contribution < -0.4 is 0 Å². The van der Waals surface area contributed by atoms with E-state index in [4.69, 9.17) is 0 Å². The summed E-state index contributed by atoms with van der Waals surface area (Å²) in [7, 11) is 0. The summed E-state index contributed by atoms with van der Waals surface area (Å²) in [4.78, 5) is 10.5. The molecule has 0 N–H and O–H groups in total. The Hall–Kier alpha value is -0.630. The lowest BCUT2D eigenvalue weighted by Gasteiger charge is -2.14. The first-order valence-corrected chi connectivity index (χ1v) is 5.55. The number of hydrogen-bond donors (Lipinski definition) is 0. The number of aryl methyl sites for hydroxylation is 1. The first-order valence-electron chi connectivity index (χ1n) is 4.76. The number of halogens is 1. The molecule has 14 heavy (non-hydrogen) atoms. The second-order valence-corrected chi connectivity index (χ2v) is 4.66. The lowest BCUT2D eigenvalue weighted by Crippen LogP contribution is -1.99. The lowest BCUT2D eigenvalue weighted by molar-refractivity contribution is -0.108. The van der Waals surface area contributed by atoms with Crippen LogP contribution in [0.15, 0.2) is 16.6 Å². The highest BCUT2D eigenvalue weighted by atomic mass is 79.9. The lowest BCUT2D eigenvalue weighted by atomic mass is 9.92. The molecule has 0 aromatic heterocycles. The van der Waals surface area contributed by atoms with E-state index < -0.39 is 0 Å². The minimum absolute atomic E-state index is 0.309. The van der Waals surface area contributed by atoms with Crippen molar-refractivity contribution in [2.24, 2.45) is 0 Å². The largest absolute Gasteiger partial charge is 0.303 e. The van der Waals surface area contributed by atoms with Crippen molar-refractivity contribution in [3.05, 3.63) is 33.3 Å². The molecule has 1 aromatic carbocycles. The summed E-state index contributed by atoms with van der Waals surface area (Å²) in [5, 5.41) is 0. The first kappa shape index (κ1) is 11.4. The van der Waals surface area contributed by atoms with Gasteiger partial charge in [0.05, 0.1) is 0 Å². The maximum atomic E-state index is 10.5. The monoisotopic (exact) mass is 254 g/mol. The van der Waals surface area contributed by atoms with Gasteiger partial charge in [-0.15, -0.1) is 0 Å². The van der Waals surface area contributed by atoms with Crippen molar-refractivity contribution in [3.8, 4) is 0 Å². The van der Waals surface area contributed by atoms with Gasteiger partial charge in [-0.05, 0) is 48.6 Å². The van der Waals surface area contributed by atoms with Crippen LogP contribution in [0.1, 0.15) is 36.0 Å². The first-order chi connectivity index (χ1) is 6.56. The van der Waals surface area contributed by atoms with Crippen molar-refractivity contribution in [1.29, 1.82) is 0 Å². The van der Waals surface area contributed by atoms with Gasteiger partial charge in [-0.1, -0.05) is 22.9 Å². The van der Waals surface area contributed by atoms with E-state index in [2.05, 4.69) is 48.8 Å². The Morgan fingerprint density at radius 2 is 2.07 bits per heavy atom. The fraction of sp³-hybridized carbons (Fsp3) is 0.417. The van der Waals surface area contributed by atoms with Gasteiger partial charge in [0.1, 0.15) is 6.29 Å². The van der Waals surface area contributed by atoms with Gasteiger partial charge in [-0.25, -0.2) is 0 Å². The van der Waals surface area contributed by atoms with Crippen molar-refractivity contribution >= 4 is 22.2 Å². The molecule has 0 heterocycles. The Balaban J connectivity index is 3.12. The van der Waals surface area contributed by atoms with Gasteiger partial charge in [-0.2, -0.15) is 0 Å². The number of carbonyl (C=O) groups is 1. The highest BCUT2D eigenvalue weighted by Gasteiger charge is 2.10. The van der Waals surface area contributed by atoms with Crippen LogP contribution in [0, 0.1) is 13.8 Å². The molecule has 0 aliphatic carbocycles. The van der Waals surface area contributed by atoms with Crippen LogP contribution in [0.5, 0.6) is 0 Å². The van der Waals surface area contributed by atoms with E-state index in [1.165, 1.54) is 16.7 Å². The highest BCUT2D eigenvalue weighted by Crippen LogP contribution is 2.27. The van der Waals surface area contributed by atoms with E-state index >= 15 is 0 Å². The summed E-state index contributed by atoms with van der Waals surface area (Å²) < 4.78 is 1.09. The molecular weight excluding hydrogens is 240 g/mol. The summed E-state index contributed by atoms with van der Waals surface area (Å²) in [6.45, 7) is 6.29. The van der Waals surface area contributed by atoms with Gasteiger partial charge in [0.15, 0.2) is 0 Å². The van der Waals surface area contributed by atoms with Crippen LogP contribution in [-0.4, -0.2) is 6.29 Å². The van der Waals surface area contributed by atoms with Crippen LogP contribution in [-0.2, 0) is 4.79 Å². The predicted molar refractivity (Wildman–Crippen MR) is 62.7 cm³/mol. The quantitative estimate of drug-likeness (QED) is 0.751. The zero-order valence-electron chi connectivity index (χ0n) is 8.80.